The fraction of sp³-hybridized carbons (Fsp3) is 0.825. The maximum atomic E-state index is 15.8. The van der Waals surface area contributed by atoms with Crippen molar-refractivity contribution < 1.29 is 62.3 Å². The molecule has 9 rings (SSSR count). The lowest BCUT2D eigenvalue weighted by Gasteiger charge is -2.46. The van der Waals surface area contributed by atoms with Crippen LogP contribution in [0.25, 0.3) is 0 Å². The van der Waals surface area contributed by atoms with Crippen LogP contribution < -0.4 is 16.0 Å². The van der Waals surface area contributed by atoms with Gasteiger partial charge >= 0.3 is 0 Å². The Morgan fingerprint density at radius 2 is 1.24 bits per heavy atom. The van der Waals surface area contributed by atoms with E-state index in [1.165, 1.54) is 101 Å². The molecular formula is C80H130N12O13. The molecule has 3 aliphatic heterocycles. The van der Waals surface area contributed by atoms with Gasteiger partial charge in [-0.1, -0.05) is 117 Å². The first kappa shape index (κ1) is 82.4. The summed E-state index contributed by atoms with van der Waals surface area (Å²) in [6.45, 7) is 9.62. The zero-order chi connectivity index (χ0) is 76.3. The van der Waals surface area contributed by atoms with Crippen molar-refractivity contribution in [3.63, 3.8) is 0 Å². The van der Waals surface area contributed by atoms with Crippen LogP contribution in [0, 0.1) is 53.3 Å². The van der Waals surface area contributed by atoms with Gasteiger partial charge in [-0.3, -0.25) is 57.5 Å². The van der Waals surface area contributed by atoms with Crippen LogP contribution in [0.3, 0.4) is 0 Å². The summed E-state index contributed by atoms with van der Waals surface area (Å²) in [7, 11) is 12.1. The van der Waals surface area contributed by atoms with E-state index in [9.17, 15) is 19.2 Å². The molecule has 3 heterocycles. The van der Waals surface area contributed by atoms with Crippen molar-refractivity contribution in [2.75, 3.05) is 89.2 Å². The maximum absolute atomic E-state index is 15.8. The van der Waals surface area contributed by atoms with E-state index in [4.69, 9.17) is 4.74 Å². The lowest BCUT2D eigenvalue weighted by molar-refractivity contribution is -0.158. The number of carbonyl (C=O) groups excluding carboxylic acids is 12. The van der Waals surface area contributed by atoms with Gasteiger partial charge in [0, 0.05) is 82.5 Å². The lowest BCUT2D eigenvalue weighted by atomic mass is 9.71. The van der Waals surface area contributed by atoms with Crippen molar-refractivity contribution in [1.82, 2.24) is 60.0 Å². The van der Waals surface area contributed by atoms with Crippen LogP contribution in [0.4, 0.5) is 0 Å². The van der Waals surface area contributed by atoms with E-state index in [2.05, 4.69) is 29.8 Å². The smallest absolute Gasteiger partial charge is 0.248 e. The van der Waals surface area contributed by atoms with Crippen LogP contribution in [-0.4, -0.2) is 264 Å². The van der Waals surface area contributed by atoms with Crippen LogP contribution in [0.2, 0.25) is 0 Å². The van der Waals surface area contributed by atoms with E-state index in [1.54, 1.807) is 11.9 Å². The summed E-state index contributed by atoms with van der Waals surface area (Å²) in [6.07, 6.45) is 21.7. The molecule has 0 aromatic rings. The van der Waals surface area contributed by atoms with Gasteiger partial charge < -0.3 is 64.8 Å². The van der Waals surface area contributed by atoms with Crippen LogP contribution in [0.15, 0.2) is 12.2 Å². The molecular weight excluding hydrogens is 1340 g/mol. The molecule has 6 saturated carbocycles. The number of rotatable bonds is 14. The number of ether oxygens (including phenoxy) is 1. The first-order chi connectivity index (χ1) is 50.0. The topological polar surface area (TPSA) is 279 Å². The van der Waals surface area contributed by atoms with Gasteiger partial charge in [-0.15, -0.1) is 0 Å². The van der Waals surface area contributed by atoms with Crippen molar-refractivity contribution in [2.24, 2.45) is 53.3 Å². The minimum absolute atomic E-state index is 0.0278. The highest BCUT2D eigenvalue weighted by Crippen LogP contribution is 2.49. The highest BCUT2D eigenvalue weighted by molar-refractivity contribution is 6.01. The van der Waals surface area contributed by atoms with Crippen molar-refractivity contribution in [1.29, 1.82) is 0 Å². The van der Waals surface area contributed by atoms with E-state index in [0.717, 1.165) is 89.4 Å². The molecule has 588 valence electrons. The minimum Gasteiger partial charge on any atom is -0.377 e. The Kier molecular flexibility index (Phi) is 29.0. The molecule has 2 bridgehead atoms. The normalized spacial score (nSPS) is 33.1. The number of nitrogens with one attached hydrogen (secondary N) is 3. The zero-order valence-corrected chi connectivity index (χ0v) is 65.9. The van der Waals surface area contributed by atoms with E-state index in [0.29, 0.717) is 69.3 Å². The highest BCUT2D eigenvalue weighted by atomic mass is 16.5. The number of fused-ring (bicyclic) bond motifs is 3. The van der Waals surface area contributed by atoms with Gasteiger partial charge in [0.05, 0.1) is 25.6 Å². The molecule has 0 aromatic heterocycles. The summed E-state index contributed by atoms with van der Waals surface area (Å²) in [5.74, 6) is -4.51. The second kappa shape index (κ2) is 37.0. The molecule has 0 radical (unpaired) electrons. The summed E-state index contributed by atoms with van der Waals surface area (Å²) in [5, 5.41) is 9.26. The van der Waals surface area contributed by atoms with E-state index in [1.807, 2.05) is 32.9 Å². The standard InChI is InChI=1S/C80H130N12O13/c1-14-51(4)69-77(102)86(9)49-68(95)87(10)61-28-17-16-22-41-91(76(61)101)65(44-55-31-29-50(3)30-32-55)75(100)85(8)48-66(93)81-60(38-34-54-33-37-59(52(5)42-54)56-35-36-56)73(98)92-47-58(105-15-2)45-63(92)72(97)83-80(39-23-40-80)79(104)90(13)70(57-26-20-21-27-57)78(103)89(12)64(74(99)84(6)7)46-67(94)88(11)62(71(96)82-69)43-53-24-18-19-25-53/h16-17,50-65,69-70H,14-15,18-49H2,1-13H3,(H,81,93)(H,82,96)(H,83,97)/b17-16-/t50?,51-,52?,54?,55?,58+,59?,60-,61-,62-,63-,64-,65-,69-,70-/m0/s1. The molecule has 105 heavy (non-hydrogen) atoms. The molecule has 13 atom stereocenters. The van der Waals surface area contributed by atoms with Crippen LogP contribution in [0.1, 0.15) is 221 Å². The van der Waals surface area contributed by atoms with Crippen molar-refractivity contribution in [3.05, 3.63) is 12.2 Å². The Balaban J connectivity index is 1.09. The summed E-state index contributed by atoms with van der Waals surface area (Å²) >= 11 is 0. The van der Waals surface area contributed by atoms with E-state index < -0.39 is 156 Å². The Morgan fingerprint density at radius 1 is 0.600 bits per heavy atom. The fourth-order valence-electron chi connectivity index (χ4n) is 19.1. The van der Waals surface area contributed by atoms with Crippen LogP contribution in [-0.2, 0) is 62.3 Å². The molecule has 12 amide bonds. The molecule has 25 heteroatoms. The van der Waals surface area contributed by atoms with Crippen LogP contribution in [0.5, 0.6) is 0 Å². The second-order valence-corrected chi connectivity index (χ2v) is 34.0. The van der Waals surface area contributed by atoms with Gasteiger partial charge in [-0.2, -0.15) is 0 Å². The van der Waals surface area contributed by atoms with E-state index >= 15 is 38.4 Å². The van der Waals surface area contributed by atoms with Gasteiger partial charge in [-0.25, -0.2) is 0 Å². The minimum atomic E-state index is -1.48. The van der Waals surface area contributed by atoms with Gasteiger partial charge in [0.25, 0.3) is 0 Å². The third-order valence-corrected chi connectivity index (χ3v) is 26.4. The number of nitrogens with zero attached hydrogens (tertiary/aromatic N) is 9. The number of likely N-dealkylation sites (N-methyl/N-ethyl adjacent to an activating group) is 7. The third-order valence-electron chi connectivity index (χ3n) is 26.4. The summed E-state index contributed by atoms with van der Waals surface area (Å²) in [5.41, 5.74) is -1.48. The second-order valence-electron chi connectivity index (χ2n) is 34.0. The monoisotopic (exact) mass is 1470 g/mol. The average Bonchev–Trinajstić information content (AvgIpc) is 1.52. The average molecular weight is 1470 g/mol. The largest absolute Gasteiger partial charge is 0.377 e. The predicted molar refractivity (Wildman–Crippen MR) is 398 cm³/mol. The molecule has 0 aromatic carbocycles. The number of amides is 12. The molecule has 8 fully saturated rings. The van der Waals surface area contributed by atoms with Crippen LogP contribution >= 0.6 is 0 Å². The van der Waals surface area contributed by atoms with Crippen molar-refractivity contribution >= 4 is 70.9 Å². The Bertz CT molecular complexity index is 3120. The molecule has 6 aliphatic carbocycles. The fourth-order valence-corrected chi connectivity index (χ4v) is 19.1. The predicted octanol–water partition coefficient (Wildman–Crippen LogP) is 6.54. The molecule has 1 spiro atoms. The Morgan fingerprint density at radius 3 is 1.86 bits per heavy atom. The summed E-state index contributed by atoms with van der Waals surface area (Å²) in [6, 6.07) is -9.16. The summed E-state index contributed by atoms with van der Waals surface area (Å²) < 4.78 is 6.21. The third kappa shape index (κ3) is 20.0. The van der Waals surface area contributed by atoms with Gasteiger partial charge in [0.2, 0.25) is 70.9 Å². The SMILES string of the molecule is CCO[C@@H]1C[C@H]2C(=O)NC3(CCC3)C(=O)N(C)[C@@H](C3CCCC3)C(=O)N(C)[C@H](C(=O)N(C)C)CC(=O)N(C)[C@@H](CC3CCCC3)C(=O)N[C@@H]([C@@H](C)CC)C(=O)N(C)CC(=O)N(C)[C@H]3C/C=C\CCN(C3=O)[C@@H](CC3CCC(C)CC3)C(=O)N(C)CC(=O)N[C@@H](CCC3CCC(C4CC4)C(C)C3)C(=O)N2C1. The van der Waals surface area contributed by atoms with Crippen molar-refractivity contribution in [3.8, 4) is 0 Å². The molecule has 9 aliphatic rings. The van der Waals surface area contributed by atoms with Gasteiger partial charge in [0.1, 0.15) is 53.9 Å². The highest BCUT2D eigenvalue weighted by Gasteiger charge is 2.54. The van der Waals surface area contributed by atoms with Gasteiger partial charge in [-0.05, 0) is 156 Å². The molecule has 3 unspecified atom stereocenters. The molecule has 3 N–H and O–H groups in total. The number of hydrogen-bond acceptors (Lipinski definition) is 13. The zero-order valence-electron chi connectivity index (χ0n) is 65.9. The Labute approximate surface area is 625 Å². The molecule has 25 nitrogen and oxygen atoms in total. The first-order valence-electron chi connectivity index (χ1n) is 40.5. The quantitative estimate of drug-likeness (QED) is 0.156. The van der Waals surface area contributed by atoms with E-state index in [-0.39, 0.29) is 75.3 Å². The maximum Gasteiger partial charge on any atom is 0.248 e. The number of carbonyl (C=O) groups is 12. The molecule has 2 saturated heterocycles. The lowest BCUT2D eigenvalue weighted by Crippen LogP contribution is -2.68. The summed E-state index contributed by atoms with van der Waals surface area (Å²) in [4.78, 5) is 195. The number of hydrogen-bond donors (Lipinski definition) is 3. The van der Waals surface area contributed by atoms with Crippen molar-refractivity contribution in [2.45, 2.75) is 281 Å². The van der Waals surface area contributed by atoms with Gasteiger partial charge in [0.15, 0.2) is 0 Å². The Hall–Kier alpha value is -6.66. The first-order valence-corrected chi connectivity index (χ1v) is 40.5.